The third-order valence-corrected chi connectivity index (χ3v) is 2.19. The summed E-state index contributed by atoms with van der Waals surface area (Å²) in [5.41, 5.74) is -0.157. The first-order valence-electron chi connectivity index (χ1n) is 4.33. The summed E-state index contributed by atoms with van der Waals surface area (Å²) in [6.45, 7) is 4.00. The van der Waals surface area contributed by atoms with E-state index in [1.807, 2.05) is 0 Å². The maximum absolute atomic E-state index is 10.4. The first-order chi connectivity index (χ1) is 6.11. The van der Waals surface area contributed by atoms with Crippen LogP contribution < -0.4 is 0 Å². The van der Waals surface area contributed by atoms with Crippen LogP contribution in [-0.4, -0.2) is 35.0 Å². The van der Waals surface area contributed by atoms with Gasteiger partial charge in [0, 0.05) is 13.0 Å². The average molecular weight is 186 g/mol. The van der Waals surface area contributed by atoms with Crippen LogP contribution in [0.15, 0.2) is 12.2 Å². The van der Waals surface area contributed by atoms with Crippen molar-refractivity contribution in [3.05, 3.63) is 12.2 Å². The van der Waals surface area contributed by atoms with Crippen LogP contribution in [0.2, 0.25) is 0 Å². The molecule has 4 nitrogen and oxygen atoms in total. The Hall–Kier alpha value is -0.870. The molecule has 1 aliphatic rings. The number of carboxylic acids is 1. The molecule has 1 heterocycles. The van der Waals surface area contributed by atoms with E-state index in [-0.39, 0.29) is 11.7 Å². The molecular formula is C9H14O4. The molecule has 1 aliphatic heterocycles. The molecule has 1 saturated heterocycles. The number of carboxylic acid groups (broad SMARTS) is 1. The average Bonchev–Trinajstić information content (AvgIpc) is 2.55. The first-order valence-corrected chi connectivity index (χ1v) is 4.33. The van der Waals surface area contributed by atoms with Gasteiger partial charge in [0.25, 0.3) is 0 Å². The zero-order chi connectivity index (χ0) is 9.84. The Bertz CT molecular complexity index is 206. The quantitative estimate of drug-likeness (QED) is 0.629. The molecule has 2 N–H and O–H groups in total. The van der Waals surface area contributed by atoms with E-state index in [9.17, 15) is 9.90 Å². The van der Waals surface area contributed by atoms with Gasteiger partial charge in [-0.1, -0.05) is 6.58 Å². The molecule has 4 heteroatoms. The fourth-order valence-corrected chi connectivity index (χ4v) is 1.36. The summed E-state index contributed by atoms with van der Waals surface area (Å²) in [6, 6.07) is 0. The number of aliphatic hydroxyl groups is 1. The normalized spacial score (nSPS) is 24.2. The van der Waals surface area contributed by atoms with E-state index in [1.165, 1.54) is 0 Å². The van der Waals surface area contributed by atoms with Crippen molar-refractivity contribution in [3.63, 3.8) is 0 Å². The maximum Gasteiger partial charge on any atom is 0.333 e. The van der Waals surface area contributed by atoms with Gasteiger partial charge in [-0.3, -0.25) is 0 Å². The Balaban J connectivity index is 2.35. The van der Waals surface area contributed by atoms with E-state index in [2.05, 4.69) is 6.58 Å². The molecule has 1 rings (SSSR count). The van der Waals surface area contributed by atoms with E-state index < -0.39 is 12.1 Å². The second-order valence-electron chi connectivity index (χ2n) is 3.22. The van der Waals surface area contributed by atoms with Gasteiger partial charge in [-0.05, 0) is 12.8 Å². The highest BCUT2D eigenvalue weighted by molar-refractivity contribution is 5.86. The Morgan fingerprint density at radius 2 is 2.38 bits per heavy atom. The van der Waals surface area contributed by atoms with E-state index >= 15 is 0 Å². The van der Waals surface area contributed by atoms with E-state index in [0.29, 0.717) is 13.0 Å². The van der Waals surface area contributed by atoms with E-state index in [4.69, 9.17) is 9.84 Å². The van der Waals surface area contributed by atoms with Crippen LogP contribution in [0.1, 0.15) is 19.3 Å². The third kappa shape index (κ3) is 2.82. The standard InChI is InChI=1S/C9H14O4/c1-6(9(11)12)8(10)5-7-3-2-4-13-7/h7-8,10H,1-5H2,(H,11,12). The third-order valence-electron chi connectivity index (χ3n) is 2.19. The summed E-state index contributed by atoms with van der Waals surface area (Å²) < 4.78 is 5.26. The number of carbonyl (C=O) groups is 1. The minimum absolute atomic E-state index is 0.00824. The summed E-state index contributed by atoms with van der Waals surface area (Å²) in [7, 11) is 0. The molecule has 0 amide bonds. The predicted molar refractivity (Wildman–Crippen MR) is 46.4 cm³/mol. The van der Waals surface area contributed by atoms with Gasteiger partial charge in [0.05, 0.1) is 17.8 Å². The lowest BCUT2D eigenvalue weighted by molar-refractivity contribution is -0.133. The lowest BCUT2D eigenvalue weighted by Crippen LogP contribution is -2.22. The van der Waals surface area contributed by atoms with E-state index in [1.54, 1.807) is 0 Å². The topological polar surface area (TPSA) is 66.8 Å². The molecule has 0 aromatic carbocycles. The number of aliphatic carboxylic acids is 1. The zero-order valence-electron chi connectivity index (χ0n) is 7.40. The molecule has 0 aromatic heterocycles. The smallest absolute Gasteiger partial charge is 0.333 e. The van der Waals surface area contributed by atoms with Crippen LogP contribution in [-0.2, 0) is 9.53 Å². The molecule has 0 radical (unpaired) electrons. The Morgan fingerprint density at radius 3 is 2.85 bits per heavy atom. The molecule has 0 saturated carbocycles. The molecule has 0 spiro atoms. The van der Waals surface area contributed by atoms with Crippen LogP contribution >= 0.6 is 0 Å². The second-order valence-corrected chi connectivity index (χ2v) is 3.22. The summed E-state index contributed by atoms with van der Waals surface area (Å²) in [5.74, 6) is -1.15. The fourth-order valence-electron chi connectivity index (χ4n) is 1.36. The van der Waals surface area contributed by atoms with Gasteiger partial charge in [-0.2, -0.15) is 0 Å². The largest absolute Gasteiger partial charge is 0.478 e. The Labute approximate surface area is 76.8 Å². The lowest BCUT2D eigenvalue weighted by atomic mass is 10.0. The van der Waals surface area contributed by atoms with Crippen molar-refractivity contribution in [2.45, 2.75) is 31.5 Å². The number of rotatable bonds is 4. The number of ether oxygens (including phenoxy) is 1. The van der Waals surface area contributed by atoms with Gasteiger partial charge in [0.2, 0.25) is 0 Å². The predicted octanol–water partition coefficient (Wildman–Crippen LogP) is 0.557. The first kappa shape index (κ1) is 10.2. The highest BCUT2D eigenvalue weighted by Crippen LogP contribution is 2.19. The van der Waals surface area contributed by atoms with Gasteiger partial charge >= 0.3 is 5.97 Å². The fraction of sp³-hybridized carbons (Fsp3) is 0.667. The van der Waals surface area contributed by atoms with Crippen molar-refractivity contribution in [1.29, 1.82) is 0 Å². The lowest BCUT2D eigenvalue weighted by Gasteiger charge is -2.14. The molecule has 2 unspecified atom stereocenters. The zero-order valence-corrected chi connectivity index (χ0v) is 7.40. The molecule has 0 aliphatic carbocycles. The van der Waals surface area contributed by atoms with Crippen molar-refractivity contribution >= 4 is 5.97 Å². The molecule has 0 bridgehead atoms. The van der Waals surface area contributed by atoms with Crippen LogP contribution in [0.25, 0.3) is 0 Å². The molecule has 2 atom stereocenters. The Morgan fingerprint density at radius 1 is 1.69 bits per heavy atom. The van der Waals surface area contributed by atoms with Gasteiger partial charge < -0.3 is 14.9 Å². The van der Waals surface area contributed by atoms with Crippen molar-refractivity contribution in [2.24, 2.45) is 0 Å². The van der Waals surface area contributed by atoms with Crippen LogP contribution in [0.5, 0.6) is 0 Å². The van der Waals surface area contributed by atoms with Crippen molar-refractivity contribution < 1.29 is 19.7 Å². The monoisotopic (exact) mass is 186 g/mol. The number of hydrogen-bond donors (Lipinski definition) is 2. The summed E-state index contributed by atoms with van der Waals surface area (Å²) >= 11 is 0. The van der Waals surface area contributed by atoms with Gasteiger partial charge in [-0.25, -0.2) is 4.79 Å². The maximum atomic E-state index is 10.4. The van der Waals surface area contributed by atoms with Crippen LogP contribution in [0, 0.1) is 0 Å². The van der Waals surface area contributed by atoms with Gasteiger partial charge in [-0.15, -0.1) is 0 Å². The molecule has 0 aromatic rings. The van der Waals surface area contributed by atoms with Crippen molar-refractivity contribution in [2.75, 3.05) is 6.61 Å². The summed E-state index contributed by atoms with van der Waals surface area (Å²) in [6.07, 6.45) is 1.22. The minimum Gasteiger partial charge on any atom is -0.478 e. The number of aliphatic hydroxyl groups excluding tert-OH is 1. The molecular weight excluding hydrogens is 172 g/mol. The SMILES string of the molecule is C=C(C(=O)O)C(O)CC1CCCO1. The second kappa shape index (κ2) is 4.39. The Kier molecular flexibility index (Phi) is 3.45. The summed E-state index contributed by atoms with van der Waals surface area (Å²) in [5, 5.41) is 17.9. The van der Waals surface area contributed by atoms with Crippen LogP contribution in [0.3, 0.4) is 0 Å². The van der Waals surface area contributed by atoms with Crippen molar-refractivity contribution in [1.82, 2.24) is 0 Å². The molecule has 74 valence electrons. The summed E-state index contributed by atoms with van der Waals surface area (Å²) in [4.78, 5) is 10.4. The minimum atomic E-state index is -1.15. The van der Waals surface area contributed by atoms with Crippen LogP contribution in [0.4, 0.5) is 0 Å². The van der Waals surface area contributed by atoms with Gasteiger partial charge in [0.1, 0.15) is 0 Å². The number of hydrogen-bond acceptors (Lipinski definition) is 3. The molecule has 1 fully saturated rings. The highest BCUT2D eigenvalue weighted by atomic mass is 16.5. The molecule has 13 heavy (non-hydrogen) atoms. The van der Waals surface area contributed by atoms with Gasteiger partial charge in [0.15, 0.2) is 0 Å². The van der Waals surface area contributed by atoms with E-state index in [0.717, 1.165) is 12.8 Å². The van der Waals surface area contributed by atoms with Crippen molar-refractivity contribution in [3.8, 4) is 0 Å². The highest BCUT2D eigenvalue weighted by Gasteiger charge is 2.23.